The van der Waals surface area contributed by atoms with Crippen molar-refractivity contribution in [3.8, 4) is 0 Å². The molecule has 2 N–H and O–H groups in total. The fourth-order valence-electron chi connectivity index (χ4n) is 3.36. The second kappa shape index (κ2) is 7.98. The largest absolute Gasteiger partial charge is 0.344 e. The highest BCUT2D eigenvalue weighted by Gasteiger charge is 2.18. The third-order valence-electron chi connectivity index (χ3n) is 4.76. The summed E-state index contributed by atoms with van der Waals surface area (Å²) in [4.78, 5) is 37.7. The third-order valence-corrected chi connectivity index (χ3v) is 4.76. The van der Waals surface area contributed by atoms with Crippen LogP contribution >= 0.6 is 0 Å². The van der Waals surface area contributed by atoms with Crippen LogP contribution in [-0.2, 0) is 11.3 Å². The maximum Gasteiger partial charge on any atom is 0.273 e. The lowest BCUT2D eigenvalue weighted by atomic mass is 9.99. The molecule has 0 fully saturated rings. The third kappa shape index (κ3) is 3.87. The normalized spacial score (nSPS) is 10.9. The highest BCUT2D eigenvalue weighted by atomic mass is 16.2. The number of H-pyrrole nitrogens is 1. The highest BCUT2D eigenvalue weighted by Crippen LogP contribution is 2.21. The molecule has 0 unspecified atom stereocenters. The van der Waals surface area contributed by atoms with Crippen molar-refractivity contribution in [3.05, 3.63) is 117 Å². The van der Waals surface area contributed by atoms with E-state index in [-0.39, 0.29) is 23.9 Å². The van der Waals surface area contributed by atoms with Crippen LogP contribution in [0.25, 0.3) is 10.8 Å². The highest BCUT2D eigenvalue weighted by molar-refractivity contribution is 5.81. The van der Waals surface area contributed by atoms with E-state index in [0.29, 0.717) is 5.39 Å². The average Bonchev–Trinajstić information content (AvgIpc) is 2.77. The standard InChI is InChI=1S/C23H19N3O3/c27-20(15-26-23(29)19-14-8-7-13-18(19)22(28)25-26)24-21(16-9-3-1-4-10-16)17-11-5-2-6-12-17/h1-14,21H,15H2,(H,24,27)(H,25,28). The average molecular weight is 385 g/mol. The molecule has 4 aromatic rings. The molecule has 0 bridgehead atoms. The van der Waals surface area contributed by atoms with Crippen LogP contribution in [0.3, 0.4) is 0 Å². The monoisotopic (exact) mass is 385 g/mol. The van der Waals surface area contributed by atoms with E-state index in [9.17, 15) is 14.4 Å². The van der Waals surface area contributed by atoms with Crippen LogP contribution in [0.4, 0.5) is 0 Å². The first-order valence-electron chi connectivity index (χ1n) is 9.24. The van der Waals surface area contributed by atoms with Crippen molar-refractivity contribution in [2.75, 3.05) is 0 Å². The number of hydrogen-bond donors (Lipinski definition) is 2. The number of nitrogens with one attached hydrogen (secondary N) is 2. The van der Waals surface area contributed by atoms with Crippen LogP contribution < -0.4 is 16.4 Å². The second-order valence-corrected chi connectivity index (χ2v) is 6.70. The lowest BCUT2D eigenvalue weighted by Gasteiger charge is -2.20. The Morgan fingerprint density at radius 2 is 1.31 bits per heavy atom. The van der Waals surface area contributed by atoms with Gasteiger partial charge in [-0.25, -0.2) is 4.68 Å². The molecule has 1 aromatic heterocycles. The molecule has 1 heterocycles. The van der Waals surface area contributed by atoms with E-state index >= 15 is 0 Å². The summed E-state index contributed by atoms with van der Waals surface area (Å²) in [6.07, 6.45) is 0. The van der Waals surface area contributed by atoms with Crippen LogP contribution in [0.1, 0.15) is 17.2 Å². The van der Waals surface area contributed by atoms with E-state index in [1.165, 1.54) is 0 Å². The second-order valence-electron chi connectivity index (χ2n) is 6.70. The molecule has 0 aliphatic heterocycles. The van der Waals surface area contributed by atoms with Gasteiger partial charge < -0.3 is 5.32 Å². The molecule has 6 heteroatoms. The van der Waals surface area contributed by atoms with Gasteiger partial charge in [0.25, 0.3) is 11.1 Å². The first-order chi connectivity index (χ1) is 14.1. The number of aromatic amines is 1. The minimum Gasteiger partial charge on any atom is -0.344 e. The lowest BCUT2D eigenvalue weighted by molar-refractivity contribution is -0.122. The molecule has 29 heavy (non-hydrogen) atoms. The molecule has 4 rings (SSSR count). The maximum atomic E-state index is 12.8. The zero-order valence-electron chi connectivity index (χ0n) is 15.5. The van der Waals surface area contributed by atoms with Gasteiger partial charge in [0, 0.05) is 0 Å². The summed E-state index contributed by atoms with van der Waals surface area (Å²) in [5.41, 5.74) is 1.03. The predicted octanol–water partition coefficient (Wildman–Crippen LogP) is 2.60. The van der Waals surface area contributed by atoms with Crippen molar-refractivity contribution in [2.45, 2.75) is 12.6 Å². The molecule has 0 aliphatic rings. The number of benzene rings is 3. The van der Waals surface area contributed by atoms with Gasteiger partial charge in [-0.05, 0) is 23.3 Å². The van der Waals surface area contributed by atoms with Crippen LogP contribution in [0.15, 0.2) is 94.5 Å². The van der Waals surface area contributed by atoms with Gasteiger partial charge in [0.05, 0.1) is 16.8 Å². The predicted molar refractivity (Wildman–Crippen MR) is 112 cm³/mol. The smallest absolute Gasteiger partial charge is 0.273 e. The van der Waals surface area contributed by atoms with Crippen molar-refractivity contribution in [1.82, 2.24) is 15.1 Å². The Morgan fingerprint density at radius 1 is 0.793 bits per heavy atom. The summed E-state index contributed by atoms with van der Waals surface area (Å²) in [5, 5.41) is 6.05. The van der Waals surface area contributed by atoms with Crippen LogP contribution in [0.2, 0.25) is 0 Å². The maximum absolute atomic E-state index is 12.8. The van der Waals surface area contributed by atoms with Gasteiger partial charge in [-0.1, -0.05) is 72.8 Å². The van der Waals surface area contributed by atoms with Gasteiger partial charge in [-0.15, -0.1) is 0 Å². The molecule has 0 saturated heterocycles. The summed E-state index contributed by atoms with van der Waals surface area (Å²) in [7, 11) is 0. The van der Waals surface area contributed by atoms with Crippen molar-refractivity contribution in [3.63, 3.8) is 0 Å². The van der Waals surface area contributed by atoms with E-state index in [2.05, 4.69) is 10.4 Å². The molecule has 0 atom stereocenters. The van der Waals surface area contributed by atoms with Crippen molar-refractivity contribution in [1.29, 1.82) is 0 Å². The number of carbonyl (C=O) groups is 1. The number of rotatable bonds is 5. The number of fused-ring (bicyclic) bond motifs is 1. The molecular formula is C23H19N3O3. The number of hydrogen-bond acceptors (Lipinski definition) is 3. The van der Waals surface area contributed by atoms with Crippen molar-refractivity contribution in [2.24, 2.45) is 0 Å². The van der Waals surface area contributed by atoms with E-state index in [1.807, 2.05) is 60.7 Å². The summed E-state index contributed by atoms with van der Waals surface area (Å²) >= 11 is 0. The van der Waals surface area contributed by atoms with Gasteiger partial charge in [0.15, 0.2) is 0 Å². The van der Waals surface area contributed by atoms with Crippen LogP contribution in [-0.4, -0.2) is 15.7 Å². The van der Waals surface area contributed by atoms with E-state index in [0.717, 1.165) is 15.8 Å². The Bertz CT molecular complexity index is 1220. The fraction of sp³-hybridized carbons (Fsp3) is 0.0870. The molecule has 0 radical (unpaired) electrons. The van der Waals surface area contributed by atoms with Gasteiger partial charge in [-0.3, -0.25) is 19.5 Å². The van der Waals surface area contributed by atoms with E-state index in [4.69, 9.17) is 0 Å². The zero-order valence-corrected chi connectivity index (χ0v) is 15.5. The van der Waals surface area contributed by atoms with E-state index in [1.54, 1.807) is 24.3 Å². The topological polar surface area (TPSA) is 84.0 Å². The Kier molecular flexibility index (Phi) is 5.07. The lowest BCUT2D eigenvalue weighted by Crippen LogP contribution is -2.38. The Labute approximate surface area is 166 Å². The summed E-state index contributed by atoms with van der Waals surface area (Å²) in [6.45, 7) is -0.283. The van der Waals surface area contributed by atoms with Gasteiger partial charge in [0.2, 0.25) is 5.91 Å². The Balaban J connectivity index is 1.64. The van der Waals surface area contributed by atoms with Gasteiger partial charge in [-0.2, -0.15) is 0 Å². The van der Waals surface area contributed by atoms with Gasteiger partial charge in [0.1, 0.15) is 6.54 Å². The van der Waals surface area contributed by atoms with E-state index < -0.39 is 11.1 Å². The minimum atomic E-state index is -0.411. The first-order valence-corrected chi connectivity index (χ1v) is 9.24. The molecular weight excluding hydrogens is 366 g/mol. The molecule has 0 spiro atoms. The fourth-order valence-corrected chi connectivity index (χ4v) is 3.36. The quantitative estimate of drug-likeness (QED) is 0.554. The molecule has 6 nitrogen and oxygen atoms in total. The number of aromatic nitrogens is 2. The van der Waals surface area contributed by atoms with Crippen molar-refractivity contribution >= 4 is 16.7 Å². The molecule has 1 amide bonds. The number of nitrogens with zero attached hydrogens (tertiary/aromatic N) is 1. The first kappa shape index (κ1) is 18.4. The number of carbonyl (C=O) groups excluding carboxylic acids is 1. The molecule has 144 valence electrons. The minimum absolute atomic E-state index is 0.283. The van der Waals surface area contributed by atoms with Gasteiger partial charge >= 0.3 is 0 Å². The zero-order chi connectivity index (χ0) is 20.2. The van der Waals surface area contributed by atoms with Crippen LogP contribution in [0, 0.1) is 0 Å². The SMILES string of the molecule is O=C(Cn1[nH]c(=O)c2ccccc2c1=O)NC(c1ccccc1)c1ccccc1. The molecule has 3 aromatic carbocycles. The van der Waals surface area contributed by atoms with Crippen LogP contribution in [0.5, 0.6) is 0 Å². The summed E-state index contributed by atoms with van der Waals surface area (Å²) < 4.78 is 1.05. The molecule has 0 aliphatic carbocycles. The Morgan fingerprint density at radius 3 is 1.90 bits per heavy atom. The summed E-state index contributed by atoms with van der Waals surface area (Å²) in [6, 6.07) is 25.4. The summed E-state index contributed by atoms with van der Waals surface area (Å²) in [5.74, 6) is -0.379. The Hall–Kier alpha value is -3.93. The molecule has 0 saturated carbocycles. The number of amides is 1. The van der Waals surface area contributed by atoms with Crippen molar-refractivity contribution < 1.29 is 4.79 Å².